The van der Waals surface area contributed by atoms with Gasteiger partial charge >= 0.3 is 0 Å². The molecule has 0 saturated carbocycles. The molecule has 0 spiro atoms. The highest BCUT2D eigenvalue weighted by Crippen LogP contribution is 2.23. The Bertz CT molecular complexity index is 968. The predicted molar refractivity (Wildman–Crippen MR) is 92.4 cm³/mol. The smallest absolute Gasteiger partial charge is 0.280 e. The molecule has 0 aliphatic rings. The van der Waals surface area contributed by atoms with Crippen LogP contribution in [0, 0.1) is 0 Å². The van der Waals surface area contributed by atoms with Gasteiger partial charge in [-0.15, -0.1) is 0 Å². The summed E-state index contributed by atoms with van der Waals surface area (Å²) in [6.45, 7) is 0. The van der Waals surface area contributed by atoms with Crippen LogP contribution in [0.25, 0.3) is 5.69 Å². The number of nitrogens with one attached hydrogen (secondary N) is 1. The van der Waals surface area contributed by atoms with Gasteiger partial charge in [-0.25, -0.2) is 0 Å². The van der Waals surface area contributed by atoms with Gasteiger partial charge in [0, 0.05) is 0 Å². The maximum absolute atomic E-state index is 12.6. The summed E-state index contributed by atoms with van der Waals surface area (Å²) >= 11 is 0. The zero-order chi connectivity index (χ0) is 17.8. The van der Waals surface area contributed by atoms with Gasteiger partial charge in [0.1, 0.15) is 5.75 Å². The van der Waals surface area contributed by atoms with Crippen molar-refractivity contribution >= 4 is 11.6 Å². The molecule has 0 fully saturated rings. The molecule has 0 radical (unpaired) electrons. The van der Waals surface area contributed by atoms with E-state index in [1.54, 1.807) is 42.5 Å². The number of phenols is 1. The fourth-order valence-electron chi connectivity index (χ4n) is 2.27. The van der Waals surface area contributed by atoms with Gasteiger partial charge < -0.3 is 15.2 Å². The third kappa shape index (κ3) is 3.35. The molecule has 0 aliphatic heterocycles. The molecule has 3 rings (SSSR count). The first-order valence-electron chi connectivity index (χ1n) is 7.43. The second kappa shape index (κ2) is 6.88. The fourth-order valence-corrected chi connectivity index (χ4v) is 2.27. The number of hydrogen-bond donors (Lipinski definition) is 2. The number of para-hydroxylation sites is 3. The Morgan fingerprint density at radius 3 is 2.48 bits per heavy atom. The molecule has 7 nitrogen and oxygen atoms in total. The average molecular weight is 337 g/mol. The van der Waals surface area contributed by atoms with Gasteiger partial charge in [-0.2, -0.15) is 9.78 Å². The van der Waals surface area contributed by atoms with Gasteiger partial charge in [-0.3, -0.25) is 9.59 Å². The topological polar surface area (TPSA) is 93.5 Å². The Balaban J connectivity index is 2.04. The number of phenolic OH excluding ortho intramolecular Hbond substituents is 1. The molecule has 2 N–H and O–H groups in total. The number of amides is 1. The number of benzene rings is 2. The second-order valence-electron chi connectivity index (χ2n) is 5.12. The van der Waals surface area contributed by atoms with Crippen LogP contribution in [0.15, 0.2) is 65.5 Å². The van der Waals surface area contributed by atoms with Crippen LogP contribution in [0.3, 0.4) is 0 Å². The molecular weight excluding hydrogens is 322 g/mol. The molecule has 1 aromatic heterocycles. The minimum atomic E-state index is -0.608. The summed E-state index contributed by atoms with van der Waals surface area (Å²) in [5.41, 5.74) is 0.247. The van der Waals surface area contributed by atoms with E-state index in [9.17, 15) is 14.7 Å². The number of ether oxygens (including phenoxy) is 1. The van der Waals surface area contributed by atoms with Crippen molar-refractivity contribution in [2.24, 2.45) is 0 Å². The number of methoxy groups -OCH3 is 1. The lowest BCUT2D eigenvalue weighted by molar-refractivity contribution is 0.101. The highest BCUT2D eigenvalue weighted by atomic mass is 16.5. The van der Waals surface area contributed by atoms with Crippen molar-refractivity contribution in [1.29, 1.82) is 0 Å². The SMILES string of the molecule is COc1cc(=O)n(-c2ccccc2)nc1C(=O)Nc1ccccc1O. The highest BCUT2D eigenvalue weighted by Gasteiger charge is 2.19. The van der Waals surface area contributed by atoms with Gasteiger partial charge in [0.25, 0.3) is 11.5 Å². The molecule has 1 amide bonds. The van der Waals surface area contributed by atoms with E-state index in [1.165, 1.54) is 19.2 Å². The van der Waals surface area contributed by atoms with Crippen LogP contribution in [-0.4, -0.2) is 27.9 Å². The summed E-state index contributed by atoms with van der Waals surface area (Å²) in [5, 5.41) is 16.5. The Kier molecular flexibility index (Phi) is 4.47. The molecule has 0 saturated heterocycles. The van der Waals surface area contributed by atoms with Crippen molar-refractivity contribution in [1.82, 2.24) is 9.78 Å². The van der Waals surface area contributed by atoms with E-state index in [0.717, 1.165) is 4.68 Å². The monoisotopic (exact) mass is 337 g/mol. The van der Waals surface area contributed by atoms with Crippen molar-refractivity contribution < 1.29 is 14.6 Å². The van der Waals surface area contributed by atoms with E-state index in [2.05, 4.69) is 10.4 Å². The Labute approximate surface area is 143 Å². The normalized spacial score (nSPS) is 10.3. The number of carbonyl (C=O) groups is 1. The van der Waals surface area contributed by atoms with Crippen molar-refractivity contribution in [2.45, 2.75) is 0 Å². The maximum atomic E-state index is 12.6. The molecule has 1 heterocycles. The summed E-state index contributed by atoms with van der Waals surface area (Å²) in [4.78, 5) is 24.8. The summed E-state index contributed by atoms with van der Waals surface area (Å²) in [5.74, 6) is -0.640. The first-order valence-corrected chi connectivity index (χ1v) is 7.43. The molecule has 126 valence electrons. The number of carbonyl (C=O) groups excluding carboxylic acids is 1. The third-order valence-corrected chi connectivity index (χ3v) is 3.48. The van der Waals surface area contributed by atoms with E-state index in [0.29, 0.717) is 5.69 Å². The van der Waals surface area contributed by atoms with Crippen LogP contribution in [0.1, 0.15) is 10.5 Å². The van der Waals surface area contributed by atoms with E-state index in [4.69, 9.17) is 4.74 Å². The first kappa shape index (κ1) is 16.3. The van der Waals surface area contributed by atoms with Crippen molar-refractivity contribution in [3.8, 4) is 17.2 Å². The van der Waals surface area contributed by atoms with Crippen LogP contribution < -0.4 is 15.6 Å². The zero-order valence-corrected chi connectivity index (χ0v) is 13.3. The molecule has 25 heavy (non-hydrogen) atoms. The number of aromatic nitrogens is 2. The fraction of sp³-hybridized carbons (Fsp3) is 0.0556. The van der Waals surface area contributed by atoms with Gasteiger partial charge in [-0.1, -0.05) is 30.3 Å². The van der Waals surface area contributed by atoms with Crippen molar-refractivity contribution in [3.05, 3.63) is 76.7 Å². The van der Waals surface area contributed by atoms with Crippen LogP contribution in [0.2, 0.25) is 0 Å². The summed E-state index contributed by atoms with van der Waals surface area (Å²) in [6.07, 6.45) is 0. The standard InChI is InChI=1S/C18H15N3O4/c1-25-15-11-16(23)21(12-7-3-2-4-8-12)20-17(15)18(24)19-13-9-5-6-10-14(13)22/h2-11,22H,1H3,(H,19,24). The minimum Gasteiger partial charge on any atom is -0.506 e. The van der Waals surface area contributed by atoms with E-state index in [-0.39, 0.29) is 22.9 Å². The summed E-state index contributed by atoms with van der Waals surface area (Å²) in [6, 6.07) is 16.2. The quantitative estimate of drug-likeness (QED) is 0.712. The Hall–Kier alpha value is -3.61. The number of anilines is 1. The largest absolute Gasteiger partial charge is 0.506 e. The number of rotatable bonds is 4. The van der Waals surface area contributed by atoms with E-state index >= 15 is 0 Å². The van der Waals surface area contributed by atoms with Gasteiger partial charge in [0.15, 0.2) is 11.4 Å². The first-order chi connectivity index (χ1) is 12.1. The predicted octanol–water partition coefficient (Wildman–Crippen LogP) is 2.20. The van der Waals surface area contributed by atoms with Gasteiger partial charge in [-0.05, 0) is 24.3 Å². The lowest BCUT2D eigenvalue weighted by Crippen LogP contribution is -2.26. The van der Waals surface area contributed by atoms with Crippen molar-refractivity contribution in [3.63, 3.8) is 0 Å². The Morgan fingerprint density at radius 1 is 1.12 bits per heavy atom. The lowest BCUT2D eigenvalue weighted by atomic mass is 10.2. The average Bonchev–Trinajstić information content (AvgIpc) is 2.64. The molecule has 0 bridgehead atoms. The number of hydrogen-bond acceptors (Lipinski definition) is 5. The number of aromatic hydroxyl groups is 1. The van der Waals surface area contributed by atoms with Gasteiger partial charge in [0.05, 0.1) is 24.6 Å². The molecule has 2 aromatic carbocycles. The molecule has 0 atom stereocenters. The van der Waals surface area contributed by atoms with Crippen LogP contribution in [0.4, 0.5) is 5.69 Å². The summed E-state index contributed by atoms with van der Waals surface area (Å²) < 4.78 is 6.22. The lowest BCUT2D eigenvalue weighted by Gasteiger charge is -2.12. The van der Waals surface area contributed by atoms with E-state index < -0.39 is 11.5 Å². The number of nitrogens with zero attached hydrogens (tertiary/aromatic N) is 2. The van der Waals surface area contributed by atoms with Crippen LogP contribution in [0.5, 0.6) is 11.5 Å². The Morgan fingerprint density at radius 2 is 1.80 bits per heavy atom. The summed E-state index contributed by atoms with van der Waals surface area (Å²) in [7, 11) is 1.35. The maximum Gasteiger partial charge on any atom is 0.280 e. The highest BCUT2D eigenvalue weighted by molar-refractivity contribution is 6.05. The minimum absolute atomic E-state index is 0.0464. The van der Waals surface area contributed by atoms with Crippen LogP contribution in [-0.2, 0) is 0 Å². The molecular formula is C18H15N3O4. The van der Waals surface area contributed by atoms with E-state index in [1.807, 2.05) is 6.07 Å². The molecule has 0 aliphatic carbocycles. The van der Waals surface area contributed by atoms with Crippen LogP contribution >= 0.6 is 0 Å². The van der Waals surface area contributed by atoms with Crippen molar-refractivity contribution in [2.75, 3.05) is 12.4 Å². The zero-order valence-electron chi connectivity index (χ0n) is 13.3. The molecule has 7 heteroatoms. The van der Waals surface area contributed by atoms with Gasteiger partial charge in [0.2, 0.25) is 0 Å². The molecule has 0 unspecified atom stereocenters. The molecule has 3 aromatic rings. The third-order valence-electron chi connectivity index (χ3n) is 3.48. The second-order valence-corrected chi connectivity index (χ2v) is 5.12.